The summed E-state index contributed by atoms with van der Waals surface area (Å²) in [5, 5.41) is 8.45. The van der Waals surface area contributed by atoms with Crippen LogP contribution in [0.25, 0.3) is 0 Å². The molecule has 1 aliphatic rings. The van der Waals surface area contributed by atoms with Crippen LogP contribution in [0, 0.1) is 16.2 Å². The molecule has 4 nitrogen and oxygen atoms in total. The third kappa shape index (κ3) is 7.28. The van der Waals surface area contributed by atoms with Crippen molar-refractivity contribution in [3.05, 3.63) is 0 Å². The molecule has 2 atom stereocenters. The van der Waals surface area contributed by atoms with Crippen LogP contribution in [0.15, 0.2) is 5.10 Å². The van der Waals surface area contributed by atoms with E-state index in [-0.39, 0.29) is 21.5 Å². The summed E-state index contributed by atoms with van der Waals surface area (Å²) in [7, 11) is 0. The molecular weight excluding hydrogens is 374 g/mol. The van der Waals surface area contributed by atoms with Gasteiger partial charge in [0, 0.05) is 33.1 Å². The molecule has 0 radical (unpaired) electrons. The van der Waals surface area contributed by atoms with Gasteiger partial charge in [0.15, 0.2) is 0 Å². The number of carbonyl (C=O) groups is 1. The van der Waals surface area contributed by atoms with Gasteiger partial charge in [0.05, 0.1) is 5.37 Å². The smallest absolute Gasteiger partial charge is 0.245 e. The highest BCUT2D eigenvalue weighted by Crippen LogP contribution is 2.42. The molecule has 0 spiro atoms. The minimum absolute atomic E-state index is 0.0108. The Hall–Kier alpha value is -0.200. The average Bonchev–Trinajstić information content (AvgIpc) is 3.00. The zero-order valence-corrected chi connectivity index (χ0v) is 20.7. The van der Waals surface area contributed by atoms with Gasteiger partial charge in [-0.3, -0.25) is 10.1 Å². The lowest BCUT2D eigenvalue weighted by atomic mass is 9.78. The lowest BCUT2D eigenvalue weighted by Crippen LogP contribution is -2.47. The van der Waals surface area contributed by atoms with Gasteiger partial charge in [-0.25, -0.2) is 5.43 Å². The van der Waals surface area contributed by atoms with Crippen LogP contribution in [-0.2, 0) is 4.79 Å². The van der Waals surface area contributed by atoms with Crippen LogP contribution in [0.3, 0.4) is 0 Å². The van der Waals surface area contributed by atoms with Crippen molar-refractivity contribution in [1.82, 2.24) is 10.7 Å². The van der Waals surface area contributed by atoms with Crippen LogP contribution in [0.5, 0.6) is 0 Å². The molecule has 2 N–H and O–H groups in total. The predicted molar refractivity (Wildman–Crippen MR) is 124 cm³/mol. The van der Waals surface area contributed by atoms with Gasteiger partial charge in [-0.2, -0.15) is 17.7 Å². The number of thioether (sulfide) groups is 1. The van der Waals surface area contributed by atoms with Gasteiger partial charge in [0.1, 0.15) is 0 Å². The van der Waals surface area contributed by atoms with Crippen molar-refractivity contribution >= 4 is 36.0 Å². The Morgan fingerprint density at radius 2 is 1.67 bits per heavy atom. The summed E-state index contributed by atoms with van der Waals surface area (Å²) in [6, 6.07) is 0.404. The van der Waals surface area contributed by atoms with E-state index in [9.17, 15) is 4.79 Å². The lowest BCUT2D eigenvalue weighted by molar-refractivity contribution is -0.130. The quantitative estimate of drug-likeness (QED) is 0.308. The molecule has 1 fully saturated rings. The van der Waals surface area contributed by atoms with Crippen LogP contribution in [0.4, 0.5) is 0 Å². The molecule has 0 aromatic heterocycles. The van der Waals surface area contributed by atoms with E-state index in [0.717, 1.165) is 24.3 Å². The van der Waals surface area contributed by atoms with Crippen molar-refractivity contribution in [3.63, 3.8) is 0 Å². The number of amides is 1. The van der Waals surface area contributed by atoms with Crippen LogP contribution in [0.2, 0.25) is 0 Å². The second-order valence-electron chi connectivity index (χ2n) is 10.8. The average molecular weight is 416 g/mol. The van der Waals surface area contributed by atoms with E-state index < -0.39 is 5.41 Å². The first-order valence-electron chi connectivity index (χ1n) is 9.92. The van der Waals surface area contributed by atoms with E-state index in [1.54, 1.807) is 0 Å². The van der Waals surface area contributed by atoms with Crippen molar-refractivity contribution in [2.24, 2.45) is 21.3 Å². The predicted octanol–water partition coefficient (Wildman–Crippen LogP) is 5.10. The van der Waals surface area contributed by atoms with E-state index >= 15 is 0 Å². The second-order valence-corrected chi connectivity index (χ2v) is 13.1. The van der Waals surface area contributed by atoms with Crippen LogP contribution in [-0.4, -0.2) is 33.5 Å². The van der Waals surface area contributed by atoms with E-state index in [1.807, 2.05) is 32.5 Å². The minimum Gasteiger partial charge on any atom is -0.300 e. The summed E-state index contributed by atoms with van der Waals surface area (Å²) < 4.78 is -0.0279. The maximum absolute atomic E-state index is 12.7. The number of hydrazone groups is 1. The number of hydrogen-bond acceptors (Lipinski definition) is 5. The fourth-order valence-corrected chi connectivity index (χ4v) is 4.68. The third-order valence-electron chi connectivity index (χ3n) is 5.76. The van der Waals surface area contributed by atoms with E-state index in [2.05, 4.69) is 64.3 Å². The minimum atomic E-state index is -0.454. The second kappa shape index (κ2) is 8.66. The standard InChI is InChI=1S/C21H41N3OS2/c1-14(18(2,3)4)23-24-16(25)19(5,6)11-12-20(7,8)17-22-15(13-27-17)21(9,10)26/h15,17,22,26H,11-13H2,1-10H3,(H,24,25)/b23-14+. The first-order valence-corrected chi connectivity index (χ1v) is 11.4. The molecule has 0 bridgehead atoms. The Morgan fingerprint density at radius 3 is 2.11 bits per heavy atom. The monoisotopic (exact) mass is 415 g/mol. The van der Waals surface area contributed by atoms with Crippen molar-refractivity contribution in [1.29, 1.82) is 0 Å². The van der Waals surface area contributed by atoms with E-state index in [1.165, 1.54) is 0 Å². The fraction of sp³-hybridized carbons (Fsp3) is 0.905. The number of thiol groups is 1. The Bertz CT molecular complexity index is 557. The van der Waals surface area contributed by atoms with Crippen molar-refractivity contribution < 1.29 is 4.79 Å². The number of carbonyl (C=O) groups excluding carboxylic acids is 1. The zero-order chi connectivity index (χ0) is 21.3. The first kappa shape index (κ1) is 24.8. The summed E-state index contributed by atoms with van der Waals surface area (Å²) in [5.41, 5.74) is 3.31. The molecule has 27 heavy (non-hydrogen) atoms. The van der Waals surface area contributed by atoms with Crippen LogP contribution in [0.1, 0.15) is 82.1 Å². The molecule has 1 heterocycles. The van der Waals surface area contributed by atoms with Crippen LogP contribution < -0.4 is 10.7 Å². The molecule has 0 aliphatic carbocycles. The molecule has 6 heteroatoms. The van der Waals surface area contributed by atoms with E-state index in [0.29, 0.717) is 11.4 Å². The maximum atomic E-state index is 12.7. The summed E-state index contributed by atoms with van der Waals surface area (Å²) in [6.45, 7) is 21.2. The number of hydrogen-bond donors (Lipinski definition) is 3. The molecule has 2 unspecified atom stereocenters. The molecule has 1 amide bonds. The largest absolute Gasteiger partial charge is 0.300 e. The van der Waals surface area contributed by atoms with Crippen molar-refractivity contribution in [2.45, 2.75) is 98.2 Å². The topological polar surface area (TPSA) is 53.5 Å². The van der Waals surface area contributed by atoms with Gasteiger partial charge in [-0.1, -0.05) is 48.5 Å². The molecule has 1 aliphatic heterocycles. The highest BCUT2D eigenvalue weighted by atomic mass is 32.2. The summed E-state index contributed by atoms with van der Waals surface area (Å²) in [5.74, 6) is 1.07. The van der Waals surface area contributed by atoms with E-state index in [4.69, 9.17) is 12.6 Å². The molecule has 0 saturated carbocycles. The SMILES string of the molecule is C/C(=N\NC(=O)C(C)(C)CCC(C)(C)C1NC(C(C)(C)S)CS1)C(C)(C)C. The van der Waals surface area contributed by atoms with Gasteiger partial charge in [0.25, 0.3) is 0 Å². The number of rotatable bonds is 7. The van der Waals surface area contributed by atoms with Gasteiger partial charge in [-0.05, 0) is 39.0 Å². The Labute approximate surface area is 176 Å². The lowest BCUT2D eigenvalue weighted by Gasteiger charge is -2.35. The number of nitrogens with zero attached hydrogens (tertiary/aromatic N) is 1. The maximum Gasteiger partial charge on any atom is 0.245 e. The van der Waals surface area contributed by atoms with Crippen molar-refractivity contribution in [2.75, 3.05) is 5.75 Å². The number of nitrogens with one attached hydrogen (secondary N) is 2. The molecule has 158 valence electrons. The zero-order valence-electron chi connectivity index (χ0n) is 19.0. The Kier molecular flexibility index (Phi) is 7.97. The third-order valence-corrected chi connectivity index (χ3v) is 7.71. The Morgan fingerprint density at radius 1 is 1.11 bits per heavy atom. The highest BCUT2D eigenvalue weighted by Gasteiger charge is 2.41. The Balaban J connectivity index is 2.65. The fourth-order valence-electron chi connectivity index (χ4n) is 2.66. The van der Waals surface area contributed by atoms with Crippen LogP contribution >= 0.6 is 24.4 Å². The molecular formula is C21H41N3OS2. The first-order chi connectivity index (χ1) is 12.0. The molecule has 0 aromatic rings. The summed E-state index contributed by atoms with van der Waals surface area (Å²) in [6.07, 6.45) is 1.80. The highest BCUT2D eigenvalue weighted by molar-refractivity contribution is 8.00. The molecule has 1 rings (SSSR count). The van der Waals surface area contributed by atoms with Gasteiger partial charge < -0.3 is 0 Å². The van der Waals surface area contributed by atoms with Gasteiger partial charge in [-0.15, -0.1) is 11.8 Å². The molecule has 1 saturated heterocycles. The molecule has 0 aromatic carbocycles. The van der Waals surface area contributed by atoms with Crippen molar-refractivity contribution in [3.8, 4) is 0 Å². The normalized spacial score (nSPS) is 22.9. The van der Waals surface area contributed by atoms with Gasteiger partial charge >= 0.3 is 0 Å². The summed E-state index contributed by atoms with van der Waals surface area (Å²) in [4.78, 5) is 12.7. The van der Waals surface area contributed by atoms with Gasteiger partial charge in [0.2, 0.25) is 5.91 Å². The summed E-state index contributed by atoms with van der Waals surface area (Å²) >= 11 is 6.71.